The average Bonchev–Trinajstić information content (AvgIpc) is 2.40. The zero-order valence-corrected chi connectivity index (χ0v) is 13.2. The number of carbonyl (C=O) groups is 1. The Bertz CT molecular complexity index is 525. The van der Waals surface area contributed by atoms with E-state index in [1.54, 1.807) is 17.0 Å². The zero-order valence-electron chi connectivity index (χ0n) is 11.6. The zero-order chi connectivity index (χ0) is 15.6. The molecular weight excluding hydrogens is 349 g/mol. The second kappa shape index (κ2) is 6.36. The van der Waals surface area contributed by atoms with Crippen LogP contribution in [0.25, 0.3) is 0 Å². The summed E-state index contributed by atoms with van der Waals surface area (Å²) in [4.78, 5) is 15.4. The predicted molar refractivity (Wildman–Crippen MR) is 77.3 cm³/mol. The first-order valence-electron chi connectivity index (χ1n) is 6.61. The molecule has 0 spiro atoms. The molecule has 0 N–H and O–H groups in total. The summed E-state index contributed by atoms with van der Waals surface area (Å²) in [6.07, 6.45) is -4.19. The number of nitrogens with zero attached hydrogens (tertiary/aromatic N) is 2. The van der Waals surface area contributed by atoms with E-state index in [0.29, 0.717) is 18.7 Å². The standard InChI is InChI=1S/C14H16BrF3N2O/c1-10-11(3-2-4-12(10)15)13(21)20-7-5-19(6-8-20)9-14(16,17)18/h2-4H,5-9H2,1H3. The van der Waals surface area contributed by atoms with Crippen LogP contribution >= 0.6 is 15.9 Å². The van der Waals surface area contributed by atoms with Crippen molar-refractivity contribution in [3.8, 4) is 0 Å². The Morgan fingerprint density at radius 3 is 2.43 bits per heavy atom. The summed E-state index contributed by atoms with van der Waals surface area (Å²) in [7, 11) is 0. The third kappa shape index (κ3) is 4.20. The molecule has 2 rings (SSSR count). The van der Waals surface area contributed by atoms with Crippen LogP contribution in [0.5, 0.6) is 0 Å². The Labute approximate surface area is 129 Å². The maximum atomic E-state index is 12.4. The average molecular weight is 365 g/mol. The molecule has 0 atom stereocenters. The molecule has 1 heterocycles. The van der Waals surface area contributed by atoms with Crippen LogP contribution in [0.15, 0.2) is 22.7 Å². The smallest absolute Gasteiger partial charge is 0.336 e. The largest absolute Gasteiger partial charge is 0.401 e. The Morgan fingerprint density at radius 1 is 1.24 bits per heavy atom. The van der Waals surface area contributed by atoms with Gasteiger partial charge in [-0.2, -0.15) is 13.2 Å². The van der Waals surface area contributed by atoms with Crippen LogP contribution in [0, 0.1) is 6.92 Å². The summed E-state index contributed by atoms with van der Waals surface area (Å²) in [5, 5.41) is 0. The summed E-state index contributed by atoms with van der Waals surface area (Å²) in [6.45, 7) is 2.07. The van der Waals surface area contributed by atoms with Crippen LogP contribution in [0.1, 0.15) is 15.9 Å². The summed E-state index contributed by atoms with van der Waals surface area (Å²) in [5.41, 5.74) is 1.44. The van der Waals surface area contributed by atoms with Gasteiger partial charge >= 0.3 is 6.18 Å². The number of rotatable bonds is 2. The SMILES string of the molecule is Cc1c(Br)cccc1C(=O)N1CCN(CC(F)(F)F)CC1. The first-order chi connectivity index (χ1) is 9.78. The molecule has 1 saturated heterocycles. The molecule has 21 heavy (non-hydrogen) atoms. The van der Waals surface area contributed by atoms with Crippen molar-refractivity contribution in [2.45, 2.75) is 13.1 Å². The molecule has 1 aliphatic rings. The van der Waals surface area contributed by atoms with Gasteiger partial charge < -0.3 is 4.90 Å². The quantitative estimate of drug-likeness (QED) is 0.804. The van der Waals surface area contributed by atoms with E-state index in [-0.39, 0.29) is 19.0 Å². The Balaban J connectivity index is 1.99. The maximum Gasteiger partial charge on any atom is 0.401 e. The fourth-order valence-electron chi connectivity index (χ4n) is 2.37. The highest BCUT2D eigenvalue weighted by Gasteiger charge is 2.33. The van der Waals surface area contributed by atoms with E-state index >= 15 is 0 Å². The van der Waals surface area contributed by atoms with Crippen molar-refractivity contribution in [3.05, 3.63) is 33.8 Å². The van der Waals surface area contributed by atoms with E-state index in [9.17, 15) is 18.0 Å². The van der Waals surface area contributed by atoms with Gasteiger partial charge in [0.2, 0.25) is 0 Å². The summed E-state index contributed by atoms with van der Waals surface area (Å²) in [6, 6.07) is 5.38. The molecule has 0 aromatic heterocycles. The minimum Gasteiger partial charge on any atom is -0.336 e. The molecule has 1 fully saturated rings. The van der Waals surface area contributed by atoms with Crippen LogP contribution < -0.4 is 0 Å². The van der Waals surface area contributed by atoms with E-state index in [1.165, 1.54) is 4.90 Å². The summed E-state index contributed by atoms with van der Waals surface area (Å²) in [5.74, 6) is -0.125. The van der Waals surface area contributed by atoms with Gasteiger partial charge in [0.05, 0.1) is 6.54 Å². The van der Waals surface area contributed by atoms with Gasteiger partial charge in [-0.1, -0.05) is 22.0 Å². The molecule has 0 bridgehead atoms. The van der Waals surface area contributed by atoms with Gasteiger partial charge in [0.1, 0.15) is 0 Å². The van der Waals surface area contributed by atoms with Gasteiger partial charge in [0.15, 0.2) is 0 Å². The molecule has 7 heteroatoms. The number of hydrogen-bond donors (Lipinski definition) is 0. The van der Waals surface area contributed by atoms with Crippen LogP contribution in [0.4, 0.5) is 13.2 Å². The summed E-state index contributed by atoms with van der Waals surface area (Å²) >= 11 is 3.38. The second-order valence-electron chi connectivity index (χ2n) is 5.10. The van der Waals surface area contributed by atoms with Gasteiger partial charge in [-0.05, 0) is 24.6 Å². The maximum absolute atomic E-state index is 12.4. The number of hydrogen-bond acceptors (Lipinski definition) is 2. The topological polar surface area (TPSA) is 23.6 Å². The van der Waals surface area contributed by atoms with E-state index in [4.69, 9.17) is 0 Å². The number of piperazine rings is 1. The van der Waals surface area contributed by atoms with Crippen molar-refractivity contribution in [1.82, 2.24) is 9.80 Å². The molecule has 0 saturated carbocycles. The van der Waals surface area contributed by atoms with Crippen molar-refractivity contribution < 1.29 is 18.0 Å². The molecule has 0 aliphatic carbocycles. The Hall–Kier alpha value is -1.08. The fourth-order valence-corrected chi connectivity index (χ4v) is 2.74. The third-order valence-electron chi connectivity index (χ3n) is 3.56. The lowest BCUT2D eigenvalue weighted by molar-refractivity contribution is -0.148. The Kier molecular flexibility index (Phi) is 4.93. The van der Waals surface area contributed by atoms with Gasteiger partial charge in [0, 0.05) is 36.2 Å². The van der Waals surface area contributed by atoms with E-state index in [2.05, 4.69) is 15.9 Å². The fraction of sp³-hybridized carbons (Fsp3) is 0.500. The minimum atomic E-state index is -4.19. The van der Waals surface area contributed by atoms with Crippen LogP contribution in [0.2, 0.25) is 0 Å². The molecule has 1 aromatic carbocycles. The number of alkyl halides is 3. The molecule has 1 aromatic rings. The van der Waals surface area contributed by atoms with Crippen LogP contribution in [-0.2, 0) is 0 Å². The van der Waals surface area contributed by atoms with Gasteiger partial charge in [-0.15, -0.1) is 0 Å². The van der Waals surface area contributed by atoms with Crippen molar-refractivity contribution in [1.29, 1.82) is 0 Å². The number of benzene rings is 1. The highest BCUT2D eigenvalue weighted by molar-refractivity contribution is 9.10. The van der Waals surface area contributed by atoms with Crippen LogP contribution in [0.3, 0.4) is 0 Å². The second-order valence-corrected chi connectivity index (χ2v) is 5.95. The highest BCUT2D eigenvalue weighted by Crippen LogP contribution is 2.22. The van der Waals surface area contributed by atoms with Gasteiger partial charge in [-0.25, -0.2) is 0 Å². The number of halogens is 4. The predicted octanol–water partition coefficient (Wildman–Crippen LogP) is 3.08. The molecule has 3 nitrogen and oxygen atoms in total. The molecule has 116 valence electrons. The molecular formula is C14H16BrF3N2O. The molecule has 1 amide bonds. The first-order valence-corrected chi connectivity index (χ1v) is 7.41. The van der Waals surface area contributed by atoms with E-state index < -0.39 is 12.7 Å². The first kappa shape index (κ1) is 16.3. The highest BCUT2D eigenvalue weighted by atomic mass is 79.9. The van der Waals surface area contributed by atoms with E-state index in [0.717, 1.165) is 10.0 Å². The summed E-state index contributed by atoms with van der Waals surface area (Å²) < 4.78 is 37.8. The molecule has 0 radical (unpaired) electrons. The molecule has 1 aliphatic heterocycles. The normalized spacial score (nSPS) is 17.1. The monoisotopic (exact) mass is 364 g/mol. The van der Waals surface area contributed by atoms with E-state index in [1.807, 2.05) is 13.0 Å². The van der Waals surface area contributed by atoms with Crippen molar-refractivity contribution >= 4 is 21.8 Å². The lowest BCUT2D eigenvalue weighted by atomic mass is 10.1. The van der Waals surface area contributed by atoms with Crippen LogP contribution in [-0.4, -0.2) is 54.6 Å². The molecule has 0 unspecified atom stereocenters. The minimum absolute atomic E-state index is 0.125. The number of amides is 1. The van der Waals surface area contributed by atoms with Crippen molar-refractivity contribution in [2.24, 2.45) is 0 Å². The van der Waals surface area contributed by atoms with Gasteiger partial charge in [-0.3, -0.25) is 9.69 Å². The third-order valence-corrected chi connectivity index (χ3v) is 4.42. The Morgan fingerprint density at radius 2 is 1.86 bits per heavy atom. The number of carbonyl (C=O) groups excluding carboxylic acids is 1. The van der Waals surface area contributed by atoms with Crippen molar-refractivity contribution in [3.63, 3.8) is 0 Å². The van der Waals surface area contributed by atoms with Crippen molar-refractivity contribution in [2.75, 3.05) is 32.7 Å². The lowest BCUT2D eigenvalue weighted by Gasteiger charge is -2.35. The van der Waals surface area contributed by atoms with Gasteiger partial charge in [0.25, 0.3) is 5.91 Å². The lowest BCUT2D eigenvalue weighted by Crippen LogP contribution is -2.51.